The smallest absolute Gasteiger partial charge is 0.296 e. The van der Waals surface area contributed by atoms with Gasteiger partial charge in [-0.2, -0.15) is 4.98 Å². The number of methoxy groups -OCH3 is 1. The Hall–Kier alpha value is -2.90. The normalized spacial score (nSPS) is 14.0. The van der Waals surface area contributed by atoms with E-state index in [1.54, 1.807) is 12.1 Å². The predicted molar refractivity (Wildman–Crippen MR) is 100 cm³/mol. The molecule has 26 heavy (non-hydrogen) atoms. The third kappa shape index (κ3) is 4.38. The molecule has 3 rings (SSSR count). The molecule has 2 aromatic rings. The number of rotatable bonds is 6. The first-order valence-corrected chi connectivity index (χ1v) is 8.52. The van der Waals surface area contributed by atoms with Crippen LogP contribution in [0.5, 0.6) is 5.75 Å². The van der Waals surface area contributed by atoms with E-state index in [1.807, 2.05) is 26.8 Å². The molecule has 2 N–H and O–H groups in total. The van der Waals surface area contributed by atoms with Gasteiger partial charge in [0, 0.05) is 17.5 Å². The number of nitro benzene ring substituents is 1. The Labute approximate surface area is 152 Å². The van der Waals surface area contributed by atoms with Crippen molar-refractivity contribution in [2.75, 3.05) is 17.7 Å². The van der Waals surface area contributed by atoms with Gasteiger partial charge in [-0.3, -0.25) is 10.1 Å². The average molecular weight is 357 g/mol. The maximum absolute atomic E-state index is 11.4. The molecule has 0 aliphatic heterocycles. The maximum Gasteiger partial charge on any atom is 0.296 e. The summed E-state index contributed by atoms with van der Waals surface area (Å²) in [6.45, 7) is 6.09. The maximum atomic E-state index is 11.4. The van der Waals surface area contributed by atoms with Crippen LogP contribution in [0.2, 0.25) is 0 Å². The lowest BCUT2D eigenvalue weighted by Gasteiger charge is -2.21. The lowest BCUT2D eigenvalue weighted by atomic mass is 10.1. The minimum Gasteiger partial charge on any atom is -0.496 e. The molecule has 1 aromatic carbocycles. The fourth-order valence-corrected chi connectivity index (χ4v) is 2.54. The summed E-state index contributed by atoms with van der Waals surface area (Å²) in [4.78, 5) is 20.0. The van der Waals surface area contributed by atoms with E-state index in [9.17, 15) is 10.1 Å². The summed E-state index contributed by atoms with van der Waals surface area (Å²) in [5.74, 6) is 1.91. The van der Waals surface area contributed by atoms with Crippen molar-refractivity contribution in [3.8, 4) is 5.75 Å². The number of hydrogen-bond donors (Lipinski definition) is 2. The molecule has 0 amide bonds. The standard InChI is InChI=1S/C18H23N5O3/c1-18(2,3)22-17-20-14(11-5-6-11)10-16(21-17)19-13-8-7-12(26-4)9-15(13)23(24)25/h7-11H,5-6H2,1-4H3,(H2,19,20,21,22). The summed E-state index contributed by atoms with van der Waals surface area (Å²) in [5, 5.41) is 17.7. The van der Waals surface area contributed by atoms with Crippen molar-refractivity contribution in [2.24, 2.45) is 0 Å². The number of ether oxygens (including phenoxy) is 1. The van der Waals surface area contributed by atoms with Crippen LogP contribution in [0.25, 0.3) is 0 Å². The van der Waals surface area contributed by atoms with Gasteiger partial charge in [-0.25, -0.2) is 4.98 Å². The first kappa shape index (κ1) is 17.9. The van der Waals surface area contributed by atoms with E-state index in [0.29, 0.717) is 29.1 Å². The fraction of sp³-hybridized carbons (Fsp3) is 0.444. The zero-order chi connectivity index (χ0) is 18.9. The van der Waals surface area contributed by atoms with Crippen molar-refractivity contribution in [1.82, 2.24) is 9.97 Å². The molecule has 1 aliphatic rings. The second-order valence-corrected chi connectivity index (χ2v) is 7.42. The van der Waals surface area contributed by atoms with Gasteiger partial charge in [-0.1, -0.05) is 0 Å². The topological polar surface area (TPSA) is 102 Å². The van der Waals surface area contributed by atoms with E-state index in [0.717, 1.165) is 18.5 Å². The Morgan fingerprint density at radius 3 is 2.54 bits per heavy atom. The van der Waals surface area contributed by atoms with Gasteiger partial charge >= 0.3 is 0 Å². The van der Waals surface area contributed by atoms with E-state index in [2.05, 4.69) is 20.6 Å². The summed E-state index contributed by atoms with van der Waals surface area (Å²) in [6.07, 6.45) is 2.21. The molecule has 0 unspecified atom stereocenters. The second kappa shape index (κ2) is 6.78. The van der Waals surface area contributed by atoms with Crippen LogP contribution in [0, 0.1) is 10.1 Å². The molecule has 1 heterocycles. The lowest BCUT2D eigenvalue weighted by Crippen LogP contribution is -2.27. The van der Waals surface area contributed by atoms with Gasteiger partial charge in [0.15, 0.2) is 0 Å². The van der Waals surface area contributed by atoms with Gasteiger partial charge in [-0.05, 0) is 45.7 Å². The highest BCUT2D eigenvalue weighted by Gasteiger charge is 2.27. The van der Waals surface area contributed by atoms with Crippen molar-refractivity contribution in [2.45, 2.75) is 45.1 Å². The SMILES string of the molecule is COc1ccc(Nc2cc(C3CC3)nc(NC(C)(C)C)n2)c([N+](=O)[O-])c1. The van der Waals surface area contributed by atoms with Crippen LogP contribution < -0.4 is 15.4 Å². The molecule has 0 spiro atoms. The van der Waals surface area contributed by atoms with E-state index in [-0.39, 0.29) is 11.2 Å². The minimum atomic E-state index is -0.442. The van der Waals surface area contributed by atoms with Crippen molar-refractivity contribution in [1.29, 1.82) is 0 Å². The van der Waals surface area contributed by atoms with Crippen molar-refractivity contribution >= 4 is 23.1 Å². The summed E-state index contributed by atoms with van der Waals surface area (Å²) < 4.78 is 5.08. The third-order valence-electron chi connectivity index (χ3n) is 3.89. The number of benzene rings is 1. The summed E-state index contributed by atoms with van der Waals surface area (Å²) in [6, 6.07) is 6.54. The highest BCUT2D eigenvalue weighted by atomic mass is 16.6. The van der Waals surface area contributed by atoms with E-state index < -0.39 is 4.92 Å². The Kier molecular flexibility index (Phi) is 4.67. The molecule has 0 atom stereocenters. The number of hydrogen-bond acceptors (Lipinski definition) is 7. The van der Waals surface area contributed by atoms with E-state index in [4.69, 9.17) is 4.74 Å². The molecule has 0 saturated heterocycles. The Bertz CT molecular complexity index is 828. The molecule has 1 saturated carbocycles. The molecule has 1 aromatic heterocycles. The van der Waals surface area contributed by atoms with Crippen LogP contribution in [0.1, 0.15) is 45.2 Å². The van der Waals surface area contributed by atoms with Crippen LogP contribution in [0.4, 0.5) is 23.1 Å². The van der Waals surface area contributed by atoms with Crippen molar-refractivity contribution in [3.05, 3.63) is 40.1 Å². The predicted octanol–water partition coefficient (Wildman–Crippen LogP) is 4.22. The number of nitro groups is 1. The largest absolute Gasteiger partial charge is 0.496 e. The molecular weight excluding hydrogens is 334 g/mol. The molecular formula is C18H23N5O3. The molecule has 0 bridgehead atoms. The Balaban J connectivity index is 1.95. The van der Waals surface area contributed by atoms with Crippen LogP contribution in [-0.4, -0.2) is 27.5 Å². The van der Waals surface area contributed by atoms with Crippen LogP contribution >= 0.6 is 0 Å². The van der Waals surface area contributed by atoms with E-state index in [1.165, 1.54) is 13.2 Å². The molecule has 138 valence electrons. The van der Waals surface area contributed by atoms with Gasteiger partial charge in [0.05, 0.1) is 23.8 Å². The van der Waals surface area contributed by atoms with Gasteiger partial charge < -0.3 is 15.4 Å². The highest BCUT2D eigenvalue weighted by molar-refractivity contribution is 5.70. The van der Waals surface area contributed by atoms with Gasteiger partial charge in [0.25, 0.3) is 5.69 Å². The Morgan fingerprint density at radius 2 is 1.96 bits per heavy atom. The molecule has 1 fully saturated rings. The third-order valence-corrected chi connectivity index (χ3v) is 3.89. The van der Waals surface area contributed by atoms with Crippen molar-refractivity contribution in [3.63, 3.8) is 0 Å². The molecule has 1 aliphatic carbocycles. The van der Waals surface area contributed by atoms with Crippen molar-refractivity contribution < 1.29 is 9.66 Å². The van der Waals surface area contributed by atoms with Crippen LogP contribution in [0.3, 0.4) is 0 Å². The van der Waals surface area contributed by atoms with E-state index >= 15 is 0 Å². The number of nitrogens with zero attached hydrogens (tertiary/aromatic N) is 3. The molecule has 8 nitrogen and oxygen atoms in total. The first-order chi connectivity index (χ1) is 12.2. The summed E-state index contributed by atoms with van der Waals surface area (Å²) in [5.41, 5.74) is 1.05. The van der Waals surface area contributed by atoms with Gasteiger partial charge in [0.2, 0.25) is 5.95 Å². The first-order valence-electron chi connectivity index (χ1n) is 8.52. The zero-order valence-corrected chi connectivity index (χ0v) is 15.4. The highest BCUT2D eigenvalue weighted by Crippen LogP contribution is 2.40. The van der Waals surface area contributed by atoms with Gasteiger partial charge in [-0.15, -0.1) is 0 Å². The molecule has 8 heteroatoms. The monoisotopic (exact) mass is 357 g/mol. The zero-order valence-electron chi connectivity index (χ0n) is 15.4. The number of nitrogens with one attached hydrogen (secondary N) is 2. The average Bonchev–Trinajstić information content (AvgIpc) is 3.38. The second-order valence-electron chi connectivity index (χ2n) is 7.42. The minimum absolute atomic E-state index is 0.0683. The molecule has 0 radical (unpaired) electrons. The Morgan fingerprint density at radius 1 is 1.23 bits per heavy atom. The number of anilines is 3. The van der Waals surface area contributed by atoms with Crippen LogP contribution in [-0.2, 0) is 0 Å². The van der Waals surface area contributed by atoms with Crippen LogP contribution in [0.15, 0.2) is 24.3 Å². The summed E-state index contributed by atoms with van der Waals surface area (Å²) in [7, 11) is 1.48. The summed E-state index contributed by atoms with van der Waals surface area (Å²) >= 11 is 0. The van der Waals surface area contributed by atoms with Gasteiger partial charge in [0.1, 0.15) is 17.3 Å². The quantitative estimate of drug-likeness (QED) is 0.589. The fourth-order valence-electron chi connectivity index (χ4n) is 2.54. The number of aromatic nitrogens is 2. The lowest BCUT2D eigenvalue weighted by molar-refractivity contribution is -0.384.